The number of aromatic amines is 2. The van der Waals surface area contributed by atoms with Crippen LogP contribution in [0.2, 0.25) is 0 Å². The van der Waals surface area contributed by atoms with Crippen LogP contribution in [0.4, 0.5) is 23.5 Å². The molecule has 0 aromatic carbocycles. The van der Waals surface area contributed by atoms with Crippen LogP contribution in [-0.4, -0.2) is 42.9 Å². The first-order chi connectivity index (χ1) is 10.4. The van der Waals surface area contributed by atoms with E-state index in [0.29, 0.717) is 0 Å². The third-order valence-electron chi connectivity index (χ3n) is 1.56. The summed E-state index contributed by atoms with van der Waals surface area (Å²) in [4.78, 5) is 32.5. The van der Waals surface area contributed by atoms with Gasteiger partial charge in [0.1, 0.15) is 11.6 Å². The van der Waals surface area contributed by atoms with E-state index in [4.69, 9.17) is 40.5 Å². The highest BCUT2D eigenvalue weighted by Crippen LogP contribution is 1.90. The fourth-order valence-electron chi connectivity index (χ4n) is 0.992. The van der Waals surface area contributed by atoms with Gasteiger partial charge >= 0.3 is 10.4 Å². The number of nitrogens with two attached hydrogens (primary N) is 4. The molecule has 0 unspecified atom stereocenters. The summed E-state index contributed by atoms with van der Waals surface area (Å²) in [6.45, 7) is 0. The molecule has 136 valence electrons. The van der Waals surface area contributed by atoms with Crippen molar-refractivity contribution in [2.24, 2.45) is 0 Å². The maximum atomic E-state index is 10.5. The van der Waals surface area contributed by atoms with Gasteiger partial charge in [0.25, 0.3) is 11.1 Å². The number of nitrogens with one attached hydrogen (secondary N) is 2. The summed E-state index contributed by atoms with van der Waals surface area (Å²) >= 11 is 0. The van der Waals surface area contributed by atoms with Crippen LogP contribution in [-0.2, 0) is 10.4 Å². The Morgan fingerprint density at radius 3 is 1.25 bits per heavy atom. The summed E-state index contributed by atoms with van der Waals surface area (Å²) in [7, 11) is -4.67. The van der Waals surface area contributed by atoms with Crippen molar-refractivity contribution >= 4 is 33.9 Å². The van der Waals surface area contributed by atoms with Gasteiger partial charge in [0.05, 0.1) is 0 Å². The van der Waals surface area contributed by atoms with E-state index < -0.39 is 10.4 Å². The van der Waals surface area contributed by atoms with Gasteiger partial charge < -0.3 is 28.4 Å². The predicted octanol–water partition coefficient (Wildman–Crippen LogP) is -3.61. The SMILES string of the molecule is Nc1cc(=O)[nH]c(N)n1.Nc1cc(=O)[nH]c(N)n1.O.O=S(=O)(O)O. The molecule has 2 aromatic rings. The monoisotopic (exact) mass is 368 g/mol. The van der Waals surface area contributed by atoms with Gasteiger partial charge in [-0.3, -0.25) is 28.7 Å². The van der Waals surface area contributed by atoms with Crippen molar-refractivity contribution in [3.63, 3.8) is 0 Å². The second-order valence-corrected chi connectivity index (χ2v) is 4.45. The van der Waals surface area contributed by atoms with E-state index in [1.54, 1.807) is 0 Å². The molecular weight excluding hydrogens is 352 g/mol. The molecule has 15 nitrogen and oxygen atoms in total. The van der Waals surface area contributed by atoms with Crippen molar-refractivity contribution in [2.45, 2.75) is 0 Å². The molecule has 16 heteroatoms. The number of anilines is 4. The largest absolute Gasteiger partial charge is 0.412 e. The molecule has 0 saturated carbocycles. The average Bonchev–Trinajstić information content (AvgIpc) is 2.22. The minimum absolute atomic E-state index is 0. The minimum Gasteiger partial charge on any atom is -0.412 e. The van der Waals surface area contributed by atoms with Gasteiger partial charge in [-0.05, 0) is 0 Å². The zero-order valence-corrected chi connectivity index (χ0v) is 12.6. The second kappa shape index (κ2) is 9.74. The Hall–Kier alpha value is -3.21. The summed E-state index contributed by atoms with van der Waals surface area (Å²) in [5.41, 5.74) is 19.9. The molecule has 0 amide bonds. The van der Waals surface area contributed by atoms with E-state index in [1.807, 2.05) is 0 Å². The normalized spacial score (nSPS) is 9.42. The van der Waals surface area contributed by atoms with Crippen molar-refractivity contribution in [1.29, 1.82) is 0 Å². The number of nitrogen functional groups attached to an aromatic ring is 4. The molecule has 0 spiro atoms. The van der Waals surface area contributed by atoms with Gasteiger partial charge in [-0.2, -0.15) is 18.4 Å². The highest BCUT2D eigenvalue weighted by molar-refractivity contribution is 7.79. The Labute approximate surface area is 133 Å². The van der Waals surface area contributed by atoms with E-state index in [0.717, 1.165) is 12.1 Å². The maximum absolute atomic E-state index is 10.5. The van der Waals surface area contributed by atoms with E-state index in [1.165, 1.54) is 0 Å². The quantitative estimate of drug-likeness (QED) is 0.209. The first-order valence-corrected chi connectivity index (χ1v) is 6.71. The summed E-state index contributed by atoms with van der Waals surface area (Å²) in [6, 6.07) is 2.33. The van der Waals surface area contributed by atoms with Gasteiger partial charge in [0.15, 0.2) is 0 Å². The Bertz CT molecular complexity index is 749. The van der Waals surface area contributed by atoms with Crippen molar-refractivity contribution in [1.82, 2.24) is 19.9 Å². The van der Waals surface area contributed by atoms with E-state index in [9.17, 15) is 9.59 Å². The summed E-state index contributed by atoms with van der Waals surface area (Å²) in [5.74, 6) is 0.354. The number of nitrogens with zero attached hydrogens (tertiary/aromatic N) is 2. The summed E-state index contributed by atoms with van der Waals surface area (Å²) in [5, 5.41) is 0. The topological polar surface area (TPSA) is 302 Å². The van der Waals surface area contributed by atoms with Crippen LogP contribution in [0.3, 0.4) is 0 Å². The lowest BCUT2D eigenvalue weighted by atomic mass is 10.6. The number of H-pyrrole nitrogens is 2. The highest BCUT2D eigenvalue weighted by Gasteiger charge is 1.90. The van der Waals surface area contributed by atoms with Crippen molar-refractivity contribution in [3.05, 3.63) is 32.8 Å². The van der Waals surface area contributed by atoms with Crippen LogP contribution in [0, 0.1) is 0 Å². The van der Waals surface area contributed by atoms with E-state index >= 15 is 0 Å². The van der Waals surface area contributed by atoms with Crippen molar-refractivity contribution < 1.29 is 23.0 Å². The van der Waals surface area contributed by atoms with Gasteiger partial charge in [0, 0.05) is 12.1 Å². The molecule has 0 fully saturated rings. The molecule has 0 aliphatic carbocycles. The lowest BCUT2D eigenvalue weighted by molar-refractivity contribution is 0.381. The van der Waals surface area contributed by atoms with Gasteiger partial charge in [-0.25, -0.2) is 0 Å². The van der Waals surface area contributed by atoms with Crippen molar-refractivity contribution in [2.75, 3.05) is 22.9 Å². The maximum Gasteiger partial charge on any atom is 0.394 e. The molecule has 2 rings (SSSR count). The Kier molecular flexibility index (Phi) is 9.35. The van der Waals surface area contributed by atoms with E-state index in [2.05, 4.69) is 19.9 Å². The zero-order valence-electron chi connectivity index (χ0n) is 11.8. The third-order valence-corrected chi connectivity index (χ3v) is 1.56. The standard InChI is InChI=1S/2C4H6N4O.H2O4S.H2O/c2*5-2-1-3(9)8-4(6)7-2;1-5(2,3)4;/h2*1H,(H5,5,6,7,8,9);(H2,1,2,3,4);1H2. The third kappa shape index (κ3) is 13.8. The van der Waals surface area contributed by atoms with Crippen molar-refractivity contribution in [3.8, 4) is 0 Å². The fourth-order valence-corrected chi connectivity index (χ4v) is 0.992. The van der Waals surface area contributed by atoms with Crippen LogP contribution in [0.25, 0.3) is 0 Å². The number of aromatic nitrogens is 4. The number of rotatable bonds is 0. The van der Waals surface area contributed by atoms with Gasteiger partial charge in [-0.15, -0.1) is 0 Å². The second-order valence-electron chi connectivity index (χ2n) is 3.56. The lowest BCUT2D eigenvalue weighted by Crippen LogP contribution is -2.11. The Morgan fingerprint density at radius 1 is 0.833 bits per heavy atom. The number of hydrogen-bond donors (Lipinski definition) is 8. The molecule has 0 radical (unpaired) electrons. The molecule has 14 N–H and O–H groups in total. The molecule has 0 saturated heterocycles. The predicted molar refractivity (Wildman–Crippen MR) is 85.2 cm³/mol. The van der Waals surface area contributed by atoms with Gasteiger partial charge in [0.2, 0.25) is 11.9 Å². The van der Waals surface area contributed by atoms with Crippen LogP contribution < -0.4 is 34.1 Å². The highest BCUT2D eigenvalue weighted by atomic mass is 32.3. The Balaban J connectivity index is 0. The van der Waals surface area contributed by atoms with Crippen LogP contribution in [0.5, 0.6) is 0 Å². The minimum atomic E-state index is -4.67. The smallest absolute Gasteiger partial charge is 0.394 e. The van der Waals surface area contributed by atoms with Crippen LogP contribution in [0.1, 0.15) is 0 Å². The molecule has 2 aromatic heterocycles. The fraction of sp³-hybridized carbons (Fsp3) is 0. The molecule has 2 heterocycles. The first kappa shape index (κ1) is 23.1. The van der Waals surface area contributed by atoms with Crippen LogP contribution >= 0.6 is 0 Å². The lowest BCUT2D eigenvalue weighted by Gasteiger charge is -1.90. The molecule has 24 heavy (non-hydrogen) atoms. The molecule has 0 bridgehead atoms. The first-order valence-electron chi connectivity index (χ1n) is 5.31. The molecule has 0 atom stereocenters. The van der Waals surface area contributed by atoms with Crippen LogP contribution in [0.15, 0.2) is 21.7 Å². The summed E-state index contributed by atoms with van der Waals surface area (Å²) in [6.07, 6.45) is 0. The zero-order chi connectivity index (χ0) is 18.2. The molecule has 0 aliphatic heterocycles. The molecule has 0 aliphatic rings. The summed E-state index contributed by atoms with van der Waals surface area (Å²) < 4.78 is 31.6. The Morgan fingerprint density at radius 2 is 1.08 bits per heavy atom. The molecular formula is C8H16N8O7S. The van der Waals surface area contributed by atoms with E-state index in [-0.39, 0.29) is 40.1 Å². The van der Waals surface area contributed by atoms with Gasteiger partial charge in [-0.1, -0.05) is 0 Å². The average molecular weight is 368 g/mol. The number of hydrogen-bond acceptors (Lipinski definition) is 10.